The molecular formula is C17H12F2N4. The van der Waals surface area contributed by atoms with Crippen molar-refractivity contribution in [3.8, 4) is 0 Å². The predicted molar refractivity (Wildman–Crippen MR) is 82.6 cm³/mol. The highest BCUT2D eigenvalue weighted by Crippen LogP contribution is 2.32. The summed E-state index contributed by atoms with van der Waals surface area (Å²) in [6, 6.07) is 12.3. The number of anilines is 1. The van der Waals surface area contributed by atoms with Crippen LogP contribution in [0.2, 0.25) is 0 Å². The van der Waals surface area contributed by atoms with Crippen LogP contribution in [0.25, 0.3) is 5.70 Å². The third-order valence-electron chi connectivity index (χ3n) is 3.81. The number of hydrogen-bond donors (Lipinski definition) is 1. The van der Waals surface area contributed by atoms with E-state index < -0.39 is 0 Å². The van der Waals surface area contributed by atoms with E-state index in [-0.39, 0.29) is 17.7 Å². The highest BCUT2D eigenvalue weighted by Gasteiger charge is 2.22. The molecule has 2 aromatic carbocycles. The van der Waals surface area contributed by atoms with Gasteiger partial charge >= 0.3 is 0 Å². The van der Waals surface area contributed by atoms with Crippen LogP contribution in [-0.2, 0) is 0 Å². The molecule has 1 atom stereocenters. The van der Waals surface area contributed by atoms with E-state index in [1.165, 1.54) is 24.3 Å². The molecule has 4 rings (SSSR count). The molecular weight excluding hydrogens is 298 g/mol. The van der Waals surface area contributed by atoms with E-state index in [4.69, 9.17) is 0 Å². The van der Waals surface area contributed by atoms with E-state index >= 15 is 0 Å². The average Bonchev–Trinajstić information content (AvgIpc) is 3.04. The third kappa shape index (κ3) is 2.48. The fraction of sp³-hybridized carbons (Fsp3) is 0.0588. The Labute approximate surface area is 131 Å². The highest BCUT2D eigenvalue weighted by atomic mass is 19.1. The second-order valence-corrected chi connectivity index (χ2v) is 5.27. The number of nitrogens with one attached hydrogen (secondary N) is 1. The van der Waals surface area contributed by atoms with Gasteiger partial charge in [-0.15, -0.1) is 10.2 Å². The van der Waals surface area contributed by atoms with Gasteiger partial charge in [0.05, 0.1) is 6.04 Å². The Morgan fingerprint density at radius 1 is 0.913 bits per heavy atom. The largest absolute Gasteiger partial charge is 0.324 e. The van der Waals surface area contributed by atoms with Crippen molar-refractivity contribution in [2.24, 2.45) is 0 Å². The molecule has 0 amide bonds. The van der Waals surface area contributed by atoms with Gasteiger partial charge in [-0.05, 0) is 53.6 Å². The van der Waals surface area contributed by atoms with Gasteiger partial charge in [-0.2, -0.15) is 0 Å². The van der Waals surface area contributed by atoms with E-state index in [1.54, 1.807) is 30.6 Å². The van der Waals surface area contributed by atoms with Crippen LogP contribution in [0.3, 0.4) is 0 Å². The van der Waals surface area contributed by atoms with Gasteiger partial charge in [-0.3, -0.25) is 4.57 Å². The highest BCUT2D eigenvalue weighted by molar-refractivity contribution is 5.77. The van der Waals surface area contributed by atoms with Crippen molar-refractivity contribution in [3.63, 3.8) is 0 Å². The van der Waals surface area contributed by atoms with Crippen LogP contribution in [0.5, 0.6) is 0 Å². The van der Waals surface area contributed by atoms with E-state index in [9.17, 15) is 8.78 Å². The van der Waals surface area contributed by atoms with Gasteiger partial charge < -0.3 is 5.32 Å². The number of rotatable bonds is 2. The van der Waals surface area contributed by atoms with Gasteiger partial charge in [0.15, 0.2) is 0 Å². The Balaban J connectivity index is 1.79. The summed E-state index contributed by atoms with van der Waals surface area (Å²) in [4.78, 5) is 0. The lowest BCUT2D eigenvalue weighted by molar-refractivity contribution is 0.624. The molecule has 0 saturated carbocycles. The molecule has 114 valence electrons. The molecule has 4 nitrogen and oxygen atoms in total. The van der Waals surface area contributed by atoms with Crippen LogP contribution in [0.15, 0.2) is 60.9 Å². The van der Waals surface area contributed by atoms with Crippen molar-refractivity contribution < 1.29 is 8.78 Å². The average molecular weight is 310 g/mol. The van der Waals surface area contributed by atoms with Crippen LogP contribution in [-0.4, -0.2) is 14.8 Å². The molecule has 0 bridgehead atoms. The van der Waals surface area contributed by atoms with Gasteiger partial charge in [0.1, 0.15) is 18.0 Å². The standard InChI is InChI=1S/C17H12F2N4/c18-13-5-1-11(2-6-13)15-9-16(12-3-7-14(19)8-4-12)23-10-20-22-17(23)21-15/h1-10,16H,(H,21,22). The number of allylic oxidation sites excluding steroid dienone is 1. The summed E-state index contributed by atoms with van der Waals surface area (Å²) in [5.74, 6) is 0.0129. The topological polar surface area (TPSA) is 42.7 Å². The molecule has 0 radical (unpaired) electrons. The maximum Gasteiger partial charge on any atom is 0.229 e. The van der Waals surface area contributed by atoms with Crippen LogP contribution in [0, 0.1) is 11.6 Å². The van der Waals surface area contributed by atoms with E-state index in [0.717, 1.165) is 16.8 Å². The molecule has 1 unspecified atom stereocenters. The minimum atomic E-state index is -0.289. The van der Waals surface area contributed by atoms with Crippen LogP contribution >= 0.6 is 0 Å². The van der Waals surface area contributed by atoms with Gasteiger partial charge in [0.25, 0.3) is 0 Å². The molecule has 3 aromatic rings. The Kier molecular flexibility index (Phi) is 3.15. The summed E-state index contributed by atoms with van der Waals surface area (Å²) < 4.78 is 28.2. The normalized spacial score (nSPS) is 16.4. The molecule has 1 N–H and O–H groups in total. The molecule has 0 aliphatic carbocycles. The summed E-state index contributed by atoms with van der Waals surface area (Å²) >= 11 is 0. The van der Waals surface area contributed by atoms with Crippen molar-refractivity contribution in [1.29, 1.82) is 0 Å². The van der Waals surface area contributed by atoms with Crippen LogP contribution in [0.1, 0.15) is 17.2 Å². The minimum Gasteiger partial charge on any atom is -0.324 e. The molecule has 1 aromatic heterocycles. The zero-order valence-corrected chi connectivity index (χ0v) is 11.9. The third-order valence-corrected chi connectivity index (χ3v) is 3.81. The zero-order chi connectivity index (χ0) is 15.8. The fourth-order valence-corrected chi connectivity index (χ4v) is 2.65. The number of nitrogens with zero attached hydrogens (tertiary/aromatic N) is 3. The SMILES string of the molecule is Fc1ccc(C2=CC(c3ccc(F)cc3)n3cnnc3N2)cc1. The van der Waals surface area contributed by atoms with Gasteiger partial charge in [0, 0.05) is 5.70 Å². The molecule has 0 spiro atoms. The van der Waals surface area contributed by atoms with Crippen molar-refractivity contribution in [2.45, 2.75) is 6.04 Å². The quantitative estimate of drug-likeness (QED) is 0.786. The molecule has 2 heterocycles. The molecule has 23 heavy (non-hydrogen) atoms. The van der Waals surface area contributed by atoms with Crippen molar-refractivity contribution in [3.05, 3.63) is 83.7 Å². The number of fused-ring (bicyclic) bond motifs is 1. The minimum absolute atomic E-state index is 0.165. The van der Waals surface area contributed by atoms with Crippen molar-refractivity contribution >= 4 is 11.6 Å². The van der Waals surface area contributed by atoms with Gasteiger partial charge in [-0.25, -0.2) is 8.78 Å². The second kappa shape index (κ2) is 5.31. The van der Waals surface area contributed by atoms with Crippen molar-refractivity contribution in [1.82, 2.24) is 14.8 Å². The number of hydrogen-bond acceptors (Lipinski definition) is 3. The first-order chi connectivity index (χ1) is 11.2. The Morgan fingerprint density at radius 3 is 2.26 bits per heavy atom. The van der Waals surface area contributed by atoms with Crippen LogP contribution < -0.4 is 5.32 Å². The molecule has 1 aliphatic rings. The second-order valence-electron chi connectivity index (χ2n) is 5.27. The summed E-state index contributed by atoms with van der Waals surface area (Å²) in [5, 5.41) is 11.2. The first kappa shape index (κ1) is 13.6. The fourth-order valence-electron chi connectivity index (χ4n) is 2.65. The Bertz CT molecular complexity index is 866. The number of benzene rings is 2. The smallest absolute Gasteiger partial charge is 0.229 e. The van der Waals surface area contributed by atoms with Gasteiger partial charge in [0.2, 0.25) is 5.95 Å². The van der Waals surface area contributed by atoms with Crippen LogP contribution in [0.4, 0.5) is 14.7 Å². The van der Waals surface area contributed by atoms with E-state index in [0.29, 0.717) is 5.95 Å². The molecule has 1 aliphatic heterocycles. The first-order valence-electron chi connectivity index (χ1n) is 7.10. The molecule has 6 heteroatoms. The first-order valence-corrected chi connectivity index (χ1v) is 7.10. The van der Waals surface area contributed by atoms with Crippen molar-refractivity contribution in [2.75, 3.05) is 5.32 Å². The number of halogens is 2. The number of aromatic nitrogens is 3. The lowest BCUT2D eigenvalue weighted by Crippen LogP contribution is -2.18. The lowest BCUT2D eigenvalue weighted by Gasteiger charge is -2.25. The monoisotopic (exact) mass is 310 g/mol. The summed E-state index contributed by atoms with van der Waals surface area (Å²) in [6.45, 7) is 0. The predicted octanol–water partition coefficient (Wildman–Crippen LogP) is 3.61. The Hall–Kier alpha value is -3.02. The lowest BCUT2D eigenvalue weighted by atomic mass is 10.0. The summed E-state index contributed by atoms with van der Waals surface area (Å²) in [6.07, 6.45) is 3.60. The Morgan fingerprint density at radius 2 is 1.57 bits per heavy atom. The summed E-state index contributed by atoms with van der Waals surface area (Å²) in [5.41, 5.74) is 2.56. The maximum atomic E-state index is 13.2. The maximum absolute atomic E-state index is 13.2. The molecule has 0 saturated heterocycles. The van der Waals surface area contributed by atoms with Gasteiger partial charge in [-0.1, -0.05) is 12.1 Å². The van der Waals surface area contributed by atoms with E-state index in [1.807, 2.05) is 10.6 Å². The van der Waals surface area contributed by atoms with E-state index in [2.05, 4.69) is 15.5 Å². The molecule has 0 fully saturated rings. The zero-order valence-electron chi connectivity index (χ0n) is 11.9. The summed E-state index contributed by atoms with van der Waals surface area (Å²) in [7, 11) is 0.